The summed E-state index contributed by atoms with van der Waals surface area (Å²) < 4.78 is 0. The SMILES string of the molecule is O=C1C2CCCN2C(=O)CNN1c1ccccc1. The van der Waals surface area contributed by atoms with Gasteiger partial charge >= 0.3 is 0 Å². The van der Waals surface area contributed by atoms with Gasteiger partial charge in [-0.3, -0.25) is 9.59 Å². The first-order chi connectivity index (χ1) is 8.77. The maximum Gasteiger partial charge on any atom is 0.264 e. The van der Waals surface area contributed by atoms with Gasteiger partial charge in [0.1, 0.15) is 6.04 Å². The van der Waals surface area contributed by atoms with E-state index in [4.69, 9.17) is 0 Å². The Bertz CT molecular complexity index is 474. The minimum Gasteiger partial charge on any atom is -0.329 e. The summed E-state index contributed by atoms with van der Waals surface area (Å²) in [6, 6.07) is 9.08. The molecule has 3 rings (SSSR count). The van der Waals surface area contributed by atoms with Gasteiger partial charge in [-0.1, -0.05) is 18.2 Å². The van der Waals surface area contributed by atoms with Crippen LogP contribution in [-0.2, 0) is 9.59 Å². The summed E-state index contributed by atoms with van der Waals surface area (Å²) in [5.41, 5.74) is 3.70. The molecule has 1 N–H and O–H groups in total. The Morgan fingerprint density at radius 3 is 2.72 bits per heavy atom. The highest BCUT2D eigenvalue weighted by atomic mass is 16.2. The van der Waals surface area contributed by atoms with Gasteiger partial charge in [0.15, 0.2) is 0 Å². The number of hydrogen-bond donors (Lipinski definition) is 1. The van der Waals surface area contributed by atoms with Crippen molar-refractivity contribution in [3.05, 3.63) is 30.3 Å². The van der Waals surface area contributed by atoms with Crippen molar-refractivity contribution in [2.45, 2.75) is 18.9 Å². The van der Waals surface area contributed by atoms with Crippen molar-refractivity contribution < 1.29 is 9.59 Å². The third kappa shape index (κ3) is 1.76. The largest absolute Gasteiger partial charge is 0.329 e. The van der Waals surface area contributed by atoms with Crippen molar-refractivity contribution in [2.75, 3.05) is 18.1 Å². The van der Waals surface area contributed by atoms with Gasteiger partial charge < -0.3 is 4.90 Å². The Morgan fingerprint density at radius 1 is 1.17 bits per heavy atom. The first-order valence-corrected chi connectivity index (χ1v) is 6.19. The lowest BCUT2D eigenvalue weighted by Crippen LogP contribution is -2.47. The molecule has 1 aromatic rings. The average Bonchev–Trinajstić information content (AvgIpc) is 2.85. The first-order valence-electron chi connectivity index (χ1n) is 6.19. The van der Waals surface area contributed by atoms with Crippen molar-refractivity contribution in [3.63, 3.8) is 0 Å². The molecule has 0 radical (unpaired) electrons. The molecule has 0 bridgehead atoms. The molecule has 1 aromatic carbocycles. The number of hydrazine groups is 1. The molecule has 0 spiro atoms. The second-order valence-electron chi connectivity index (χ2n) is 4.59. The normalized spacial score (nSPS) is 24.1. The number of carbonyl (C=O) groups is 2. The predicted molar refractivity (Wildman–Crippen MR) is 66.7 cm³/mol. The zero-order valence-corrected chi connectivity index (χ0v) is 10.0. The van der Waals surface area contributed by atoms with Crippen molar-refractivity contribution in [3.8, 4) is 0 Å². The summed E-state index contributed by atoms with van der Waals surface area (Å²) >= 11 is 0. The number of nitrogens with one attached hydrogen (secondary N) is 1. The summed E-state index contributed by atoms with van der Waals surface area (Å²) in [5.74, 6) is -0.0335. The Balaban J connectivity index is 1.92. The lowest BCUT2D eigenvalue weighted by molar-refractivity contribution is -0.134. The fourth-order valence-corrected chi connectivity index (χ4v) is 2.59. The van der Waals surface area contributed by atoms with Crippen molar-refractivity contribution in [1.82, 2.24) is 10.3 Å². The van der Waals surface area contributed by atoms with Crippen LogP contribution in [0.3, 0.4) is 0 Å². The third-order valence-corrected chi connectivity index (χ3v) is 3.48. The number of nitrogens with zero attached hydrogens (tertiary/aromatic N) is 2. The molecule has 2 heterocycles. The molecule has 94 valence electrons. The number of amides is 2. The average molecular weight is 245 g/mol. The molecule has 2 saturated heterocycles. The number of fused-ring (bicyclic) bond motifs is 1. The lowest BCUT2D eigenvalue weighted by atomic mass is 10.2. The Hall–Kier alpha value is -1.88. The number of carbonyl (C=O) groups excluding carboxylic acids is 2. The van der Waals surface area contributed by atoms with E-state index >= 15 is 0 Å². The number of rotatable bonds is 1. The zero-order chi connectivity index (χ0) is 12.5. The van der Waals surface area contributed by atoms with E-state index in [1.165, 1.54) is 5.01 Å². The van der Waals surface area contributed by atoms with Crippen LogP contribution < -0.4 is 10.4 Å². The number of anilines is 1. The van der Waals surface area contributed by atoms with E-state index in [1.807, 2.05) is 30.3 Å². The van der Waals surface area contributed by atoms with Crippen molar-refractivity contribution in [1.29, 1.82) is 0 Å². The highest BCUT2D eigenvalue weighted by Gasteiger charge is 2.39. The van der Waals surface area contributed by atoms with Gasteiger partial charge in [0.2, 0.25) is 5.91 Å². The molecule has 2 aliphatic rings. The molecule has 1 unspecified atom stereocenters. The fourth-order valence-electron chi connectivity index (χ4n) is 2.59. The monoisotopic (exact) mass is 245 g/mol. The highest BCUT2D eigenvalue weighted by Crippen LogP contribution is 2.23. The molecule has 2 fully saturated rings. The summed E-state index contributed by atoms with van der Waals surface area (Å²) in [6.45, 7) is 0.872. The van der Waals surface area contributed by atoms with Crippen LogP contribution >= 0.6 is 0 Å². The van der Waals surface area contributed by atoms with E-state index in [0.717, 1.165) is 18.5 Å². The Labute approximate surface area is 105 Å². The van der Waals surface area contributed by atoms with E-state index in [2.05, 4.69) is 5.43 Å². The van der Waals surface area contributed by atoms with E-state index < -0.39 is 0 Å². The van der Waals surface area contributed by atoms with Crippen LogP contribution in [-0.4, -0.2) is 35.8 Å². The predicted octanol–water partition coefficient (Wildman–Crippen LogP) is 0.529. The van der Waals surface area contributed by atoms with Gasteiger partial charge in [-0.2, -0.15) is 0 Å². The van der Waals surface area contributed by atoms with Crippen LogP contribution in [0, 0.1) is 0 Å². The summed E-state index contributed by atoms with van der Waals surface area (Å²) in [7, 11) is 0. The van der Waals surface area contributed by atoms with Gasteiger partial charge in [0, 0.05) is 6.54 Å². The molecular formula is C13H15N3O2. The van der Waals surface area contributed by atoms with Crippen LogP contribution in [0.2, 0.25) is 0 Å². The van der Waals surface area contributed by atoms with Crippen LogP contribution in [0.5, 0.6) is 0 Å². The molecule has 2 amide bonds. The Morgan fingerprint density at radius 2 is 1.94 bits per heavy atom. The molecule has 18 heavy (non-hydrogen) atoms. The fraction of sp³-hybridized carbons (Fsp3) is 0.385. The molecule has 0 saturated carbocycles. The number of benzene rings is 1. The minimum atomic E-state index is -0.298. The zero-order valence-electron chi connectivity index (χ0n) is 10.0. The second-order valence-corrected chi connectivity index (χ2v) is 4.59. The van der Waals surface area contributed by atoms with Crippen molar-refractivity contribution >= 4 is 17.5 Å². The summed E-state index contributed by atoms with van der Waals surface area (Å²) in [4.78, 5) is 26.0. The second kappa shape index (κ2) is 4.42. The summed E-state index contributed by atoms with van der Waals surface area (Å²) in [6.07, 6.45) is 1.67. The van der Waals surface area contributed by atoms with Gasteiger partial charge in [-0.25, -0.2) is 10.4 Å². The van der Waals surface area contributed by atoms with Crippen molar-refractivity contribution in [2.24, 2.45) is 0 Å². The lowest BCUT2D eigenvalue weighted by Gasteiger charge is -2.24. The molecule has 5 heteroatoms. The molecule has 2 aliphatic heterocycles. The van der Waals surface area contributed by atoms with Gasteiger partial charge in [0.25, 0.3) is 5.91 Å². The summed E-state index contributed by atoms with van der Waals surface area (Å²) in [5, 5.41) is 1.51. The van der Waals surface area contributed by atoms with Crippen LogP contribution in [0.15, 0.2) is 30.3 Å². The number of hydrogen-bond acceptors (Lipinski definition) is 3. The van der Waals surface area contributed by atoms with E-state index in [9.17, 15) is 9.59 Å². The topological polar surface area (TPSA) is 52.7 Å². The van der Waals surface area contributed by atoms with E-state index in [0.29, 0.717) is 6.54 Å². The first kappa shape index (κ1) is 11.2. The molecular weight excluding hydrogens is 230 g/mol. The van der Waals surface area contributed by atoms with Gasteiger partial charge in [-0.05, 0) is 25.0 Å². The quantitative estimate of drug-likeness (QED) is 0.785. The van der Waals surface area contributed by atoms with Gasteiger partial charge in [-0.15, -0.1) is 0 Å². The molecule has 0 aliphatic carbocycles. The maximum atomic E-state index is 12.4. The smallest absolute Gasteiger partial charge is 0.264 e. The standard InChI is InChI=1S/C13H15N3O2/c17-12-9-14-16(10-5-2-1-3-6-10)13(18)11-7-4-8-15(11)12/h1-3,5-6,11,14H,4,7-9H2. The van der Waals surface area contributed by atoms with E-state index in [-0.39, 0.29) is 24.4 Å². The Kier molecular flexibility index (Phi) is 2.76. The molecule has 0 aromatic heterocycles. The molecule has 5 nitrogen and oxygen atoms in total. The third-order valence-electron chi connectivity index (χ3n) is 3.48. The molecule has 1 atom stereocenters. The number of para-hydroxylation sites is 1. The minimum absolute atomic E-state index is 0.00396. The maximum absolute atomic E-state index is 12.4. The van der Waals surface area contributed by atoms with E-state index in [1.54, 1.807) is 4.90 Å². The van der Waals surface area contributed by atoms with Gasteiger partial charge in [0.05, 0.1) is 12.2 Å². The van der Waals surface area contributed by atoms with Crippen LogP contribution in [0.4, 0.5) is 5.69 Å². The van der Waals surface area contributed by atoms with Crippen LogP contribution in [0.25, 0.3) is 0 Å². The highest BCUT2D eigenvalue weighted by molar-refractivity contribution is 6.00. The van der Waals surface area contributed by atoms with Crippen LogP contribution in [0.1, 0.15) is 12.8 Å².